The second-order valence-electron chi connectivity index (χ2n) is 8.59. The summed E-state index contributed by atoms with van der Waals surface area (Å²) in [5, 5.41) is 7.25. The third kappa shape index (κ3) is 4.06. The smallest absolute Gasteiger partial charge is 0.176 e. The van der Waals surface area contributed by atoms with Gasteiger partial charge < -0.3 is 9.72 Å². The number of pyridine rings is 3. The zero-order valence-electron chi connectivity index (χ0n) is 19.7. The number of thiophene rings is 1. The number of H-pyrrole nitrogens is 2. The summed E-state index contributed by atoms with van der Waals surface area (Å²) in [6, 6.07) is 20.7. The average molecular weight is 520 g/mol. The van der Waals surface area contributed by atoms with Gasteiger partial charge in [-0.3, -0.25) is 10.1 Å². The highest BCUT2D eigenvalue weighted by molar-refractivity contribution is 7.14. The fraction of sp³-hybridized carbons (Fsp3) is 0.0357. The van der Waals surface area contributed by atoms with E-state index in [0.29, 0.717) is 40.6 Å². The molecule has 7 aromatic rings. The first-order chi connectivity index (χ1) is 18.7. The van der Waals surface area contributed by atoms with E-state index in [2.05, 4.69) is 25.1 Å². The Morgan fingerprint density at radius 2 is 1.84 bits per heavy atom. The standard InChI is InChI=1S/C28H18FN7OS/c29-23-9-8-22(38-23)19-10-11-31-27-24(19)33-28(34-27)26-25-21(35-36-26)7-6-20(32-25)17-12-18(14-30-13-17)37-15-16-4-2-1-3-5-16/h1-14H,15H2,(H,35,36)(H,31,33,34). The predicted molar refractivity (Wildman–Crippen MR) is 144 cm³/mol. The molecule has 0 aliphatic carbocycles. The summed E-state index contributed by atoms with van der Waals surface area (Å²) in [4.78, 5) is 22.4. The minimum Gasteiger partial charge on any atom is -0.487 e. The van der Waals surface area contributed by atoms with E-state index in [1.54, 1.807) is 24.7 Å². The maximum Gasteiger partial charge on any atom is 0.176 e. The SMILES string of the molecule is Fc1ccc(-c2ccnc3[nH]c(-c4n[nH]c5ccc(-c6cncc(OCc7ccccc7)c6)nc45)nc23)s1. The Bertz CT molecular complexity index is 1910. The van der Waals surface area contributed by atoms with Crippen molar-refractivity contribution in [2.45, 2.75) is 6.61 Å². The molecular formula is C28H18FN7OS. The highest BCUT2D eigenvalue weighted by Crippen LogP contribution is 2.34. The van der Waals surface area contributed by atoms with Gasteiger partial charge in [0.25, 0.3) is 0 Å². The molecule has 0 amide bonds. The summed E-state index contributed by atoms with van der Waals surface area (Å²) in [5.41, 5.74) is 6.64. The number of hydrogen-bond acceptors (Lipinski definition) is 7. The molecule has 0 saturated heterocycles. The van der Waals surface area contributed by atoms with Gasteiger partial charge in [-0.2, -0.15) is 9.49 Å². The first-order valence-electron chi connectivity index (χ1n) is 11.8. The number of halogens is 1. The number of ether oxygens (including phenoxy) is 1. The van der Waals surface area contributed by atoms with Crippen LogP contribution < -0.4 is 4.74 Å². The molecule has 0 saturated carbocycles. The van der Waals surface area contributed by atoms with Crippen LogP contribution in [0.15, 0.2) is 85.3 Å². The van der Waals surface area contributed by atoms with E-state index >= 15 is 0 Å². The van der Waals surface area contributed by atoms with Crippen LogP contribution in [0.4, 0.5) is 4.39 Å². The third-order valence-electron chi connectivity index (χ3n) is 6.11. The Hall–Kier alpha value is -4.96. The predicted octanol–water partition coefficient (Wildman–Crippen LogP) is 6.40. The Balaban J connectivity index is 1.24. The summed E-state index contributed by atoms with van der Waals surface area (Å²) in [6.07, 6.45) is 5.11. The van der Waals surface area contributed by atoms with Gasteiger partial charge in [-0.25, -0.2) is 15.0 Å². The van der Waals surface area contributed by atoms with E-state index in [-0.39, 0.29) is 5.13 Å². The minimum absolute atomic E-state index is 0.250. The maximum absolute atomic E-state index is 13.7. The Morgan fingerprint density at radius 3 is 2.71 bits per heavy atom. The van der Waals surface area contributed by atoms with Crippen molar-refractivity contribution in [2.24, 2.45) is 0 Å². The highest BCUT2D eigenvalue weighted by atomic mass is 32.1. The normalized spacial score (nSPS) is 11.4. The Morgan fingerprint density at radius 1 is 0.921 bits per heavy atom. The van der Waals surface area contributed by atoms with Crippen LogP contribution in [0.1, 0.15) is 5.56 Å². The van der Waals surface area contributed by atoms with Gasteiger partial charge >= 0.3 is 0 Å². The second kappa shape index (κ2) is 9.16. The lowest BCUT2D eigenvalue weighted by molar-refractivity contribution is 0.305. The van der Waals surface area contributed by atoms with E-state index in [1.807, 2.05) is 54.6 Å². The monoisotopic (exact) mass is 519 g/mol. The van der Waals surface area contributed by atoms with E-state index in [4.69, 9.17) is 14.7 Å². The van der Waals surface area contributed by atoms with Crippen LogP contribution in [0, 0.1) is 5.13 Å². The quantitative estimate of drug-likeness (QED) is 0.263. The summed E-state index contributed by atoms with van der Waals surface area (Å²) >= 11 is 1.07. The van der Waals surface area contributed by atoms with Crippen LogP contribution in [0.25, 0.3) is 55.4 Å². The molecule has 0 bridgehead atoms. The molecule has 184 valence electrons. The number of fused-ring (bicyclic) bond motifs is 2. The van der Waals surface area contributed by atoms with Gasteiger partial charge in [-0.05, 0) is 42.0 Å². The van der Waals surface area contributed by atoms with Gasteiger partial charge in [0.1, 0.15) is 23.4 Å². The number of hydrogen-bond donors (Lipinski definition) is 2. The Labute approximate surface area is 219 Å². The van der Waals surface area contributed by atoms with Gasteiger partial charge in [0.05, 0.1) is 17.4 Å². The molecule has 0 fully saturated rings. The lowest BCUT2D eigenvalue weighted by atomic mass is 10.1. The topological polar surface area (TPSA) is 105 Å². The largest absolute Gasteiger partial charge is 0.487 e. The third-order valence-corrected chi connectivity index (χ3v) is 7.02. The van der Waals surface area contributed by atoms with E-state index in [1.165, 1.54) is 6.07 Å². The van der Waals surface area contributed by atoms with E-state index < -0.39 is 0 Å². The van der Waals surface area contributed by atoms with Crippen LogP contribution in [0.3, 0.4) is 0 Å². The van der Waals surface area contributed by atoms with Crippen molar-refractivity contribution in [3.63, 3.8) is 0 Å². The molecule has 2 N–H and O–H groups in total. The van der Waals surface area contributed by atoms with Gasteiger partial charge in [0.2, 0.25) is 0 Å². The lowest BCUT2D eigenvalue weighted by Crippen LogP contribution is -1.96. The number of benzene rings is 1. The number of aromatic amines is 2. The van der Waals surface area contributed by atoms with Gasteiger partial charge in [0, 0.05) is 28.4 Å². The fourth-order valence-electron chi connectivity index (χ4n) is 4.28. The molecule has 6 aromatic heterocycles. The molecular weight excluding hydrogens is 501 g/mol. The molecule has 0 spiro atoms. The summed E-state index contributed by atoms with van der Waals surface area (Å²) in [7, 11) is 0. The zero-order chi connectivity index (χ0) is 25.5. The first kappa shape index (κ1) is 22.3. The molecule has 10 heteroatoms. The van der Waals surface area contributed by atoms with Crippen LogP contribution in [0.2, 0.25) is 0 Å². The van der Waals surface area contributed by atoms with Crippen molar-refractivity contribution >= 4 is 33.5 Å². The van der Waals surface area contributed by atoms with Gasteiger partial charge in [-0.1, -0.05) is 30.3 Å². The number of nitrogens with zero attached hydrogens (tertiary/aromatic N) is 5. The minimum atomic E-state index is -0.250. The number of nitrogens with one attached hydrogen (secondary N) is 2. The molecule has 6 heterocycles. The van der Waals surface area contributed by atoms with Gasteiger partial charge in [0.15, 0.2) is 22.3 Å². The zero-order valence-corrected chi connectivity index (χ0v) is 20.5. The van der Waals surface area contributed by atoms with Crippen molar-refractivity contribution in [1.29, 1.82) is 0 Å². The fourth-order valence-corrected chi connectivity index (χ4v) is 5.04. The Kier molecular flexibility index (Phi) is 5.37. The van der Waals surface area contributed by atoms with E-state index in [0.717, 1.165) is 44.1 Å². The van der Waals surface area contributed by atoms with Crippen molar-refractivity contribution in [3.8, 4) is 39.0 Å². The van der Waals surface area contributed by atoms with Crippen LogP contribution in [-0.2, 0) is 6.61 Å². The summed E-state index contributed by atoms with van der Waals surface area (Å²) in [5.74, 6) is 1.17. The summed E-state index contributed by atoms with van der Waals surface area (Å²) < 4.78 is 19.6. The lowest BCUT2D eigenvalue weighted by Gasteiger charge is -2.08. The second-order valence-corrected chi connectivity index (χ2v) is 9.63. The molecule has 0 aliphatic heterocycles. The maximum atomic E-state index is 13.7. The average Bonchev–Trinajstić information content (AvgIpc) is 3.70. The van der Waals surface area contributed by atoms with E-state index in [9.17, 15) is 4.39 Å². The van der Waals surface area contributed by atoms with Crippen LogP contribution in [-0.4, -0.2) is 35.1 Å². The molecule has 0 aliphatic rings. The van der Waals surface area contributed by atoms with Crippen molar-refractivity contribution in [3.05, 3.63) is 96.0 Å². The molecule has 1 aromatic carbocycles. The number of rotatable bonds is 6. The first-order valence-corrected chi connectivity index (χ1v) is 12.6. The molecule has 8 nitrogen and oxygen atoms in total. The highest BCUT2D eigenvalue weighted by Gasteiger charge is 2.18. The molecule has 38 heavy (non-hydrogen) atoms. The molecule has 7 rings (SSSR count). The van der Waals surface area contributed by atoms with Crippen molar-refractivity contribution < 1.29 is 9.13 Å². The van der Waals surface area contributed by atoms with Crippen molar-refractivity contribution in [2.75, 3.05) is 0 Å². The molecule has 0 radical (unpaired) electrons. The van der Waals surface area contributed by atoms with Crippen LogP contribution in [0.5, 0.6) is 5.75 Å². The molecule has 0 atom stereocenters. The summed E-state index contributed by atoms with van der Waals surface area (Å²) in [6.45, 7) is 0.449. The van der Waals surface area contributed by atoms with Gasteiger partial charge in [-0.15, -0.1) is 11.3 Å². The number of imidazole rings is 1. The van der Waals surface area contributed by atoms with Crippen LogP contribution >= 0.6 is 11.3 Å². The number of aromatic nitrogens is 7. The van der Waals surface area contributed by atoms with Crippen molar-refractivity contribution in [1.82, 2.24) is 35.1 Å². The molecule has 0 unspecified atom stereocenters.